The number of nitrogens with one attached hydrogen (secondary N) is 1. The molecule has 0 aliphatic heterocycles. The highest BCUT2D eigenvalue weighted by atomic mass is 127. The second kappa shape index (κ2) is 6.59. The van der Waals surface area contributed by atoms with Gasteiger partial charge < -0.3 is 10.1 Å². The first-order valence-corrected chi connectivity index (χ1v) is 7.73. The van der Waals surface area contributed by atoms with E-state index in [0.29, 0.717) is 0 Å². The first kappa shape index (κ1) is 15.3. The van der Waals surface area contributed by atoms with Gasteiger partial charge in [0.25, 0.3) is 0 Å². The minimum Gasteiger partial charge on any atom is -0.497 e. The third-order valence-corrected chi connectivity index (χ3v) is 5.08. The largest absolute Gasteiger partial charge is 0.497 e. The van der Waals surface area contributed by atoms with Crippen LogP contribution >= 0.6 is 22.6 Å². The molecule has 0 saturated heterocycles. The summed E-state index contributed by atoms with van der Waals surface area (Å²) in [5, 5.41) is 3.44. The van der Waals surface area contributed by atoms with Crippen molar-refractivity contribution in [3.05, 3.63) is 62.2 Å². The molecule has 0 aliphatic rings. The molecule has 2 nitrogen and oxygen atoms in total. The standard InChI is InChI=1S/C17H20INO/c1-11-6-5-7-15(16(11)18)17(19-3)14-9-8-13(20-4)10-12(14)2/h5-10,17,19H,1-4H3. The molecule has 2 aromatic carbocycles. The van der Waals surface area contributed by atoms with Crippen LogP contribution in [0, 0.1) is 17.4 Å². The molecule has 106 valence electrons. The minimum atomic E-state index is 0.202. The fourth-order valence-electron chi connectivity index (χ4n) is 2.47. The summed E-state index contributed by atoms with van der Waals surface area (Å²) in [5.41, 5.74) is 5.16. The van der Waals surface area contributed by atoms with E-state index in [0.717, 1.165) is 5.75 Å². The topological polar surface area (TPSA) is 21.3 Å². The number of ether oxygens (including phenoxy) is 1. The van der Waals surface area contributed by atoms with Crippen LogP contribution in [0.4, 0.5) is 0 Å². The smallest absolute Gasteiger partial charge is 0.119 e. The molecule has 0 aliphatic carbocycles. The molecule has 0 amide bonds. The molecule has 0 radical (unpaired) electrons. The summed E-state index contributed by atoms with van der Waals surface area (Å²) < 4.78 is 6.61. The van der Waals surface area contributed by atoms with Crippen LogP contribution < -0.4 is 10.1 Å². The van der Waals surface area contributed by atoms with Crippen LogP contribution in [0.25, 0.3) is 0 Å². The second-order valence-electron chi connectivity index (χ2n) is 4.92. The van der Waals surface area contributed by atoms with Crippen molar-refractivity contribution in [2.24, 2.45) is 0 Å². The molecular weight excluding hydrogens is 361 g/mol. The lowest BCUT2D eigenvalue weighted by Gasteiger charge is -2.22. The van der Waals surface area contributed by atoms with Crippen molar-refractivity contribution in [1.82, 2.24) is 5.32 Å². The van der Waals surface area contributed by atoms with Crippen LogP contribution in [0.3, 0.4) is 0 Å². The summed E-state index contributed by atoms with van der Waals surface area (Å²) in [5.74, 6) is 0.903. The van der Waals surface area contributed by atoms with Gasteiger partial charge in [-0.1, -0.05) is 24.3 Å². The zero-order chi connectivity index (χ0) is 14.7. The van der Waals surface area contributed by atoms with E-state index in [9.17, 15) is 0 Å². The maximum absolute atomic E-state index is 5.29. The highest BCUT2D eigenvalue weighted by Gasteiger charge is 2.17. The van der Waals surface area contributed by atoms with E-state index in [4.69, 9.17) is 4.74 Å². The third kappa shape index (κ3) is 2.99. The Morgan fingerprint density at radius 2 is 1.80 bits per heavy atom. The first-order chi connectivity index (χ1) is 9.58. The molecule has 2 aromatic rings. The molecule has 1 atom stereocenters. The van der Waals surface area contributed by atoms with Crippen molar-refractivity contribution in [3.63, 3.8) is 0 Å². The predicted molar refractivity (Wildman–Crippen MR) is 92.5 cm³/mol. The molecular formula is C17H20INO. The van der Waals surface area contributed by atoms with Gasteiger partial charge in [-0.15, -0.1) is 0 Å². The normalized spacial score (nSPS) is 12.2. The Bertz CT molecular complexity index is 610. The summed E-state index contributed by atoms with van der Waals surface area (Å²) in [6.07, 6.45) is 0. The van der Waals surface area contributed by atoms with Gasteiger partial charge in [0.05, 0.1) is 13.2 Å². The molecule has 20 heavy (non-hydrogen) atoms. The predicted octanol–water partition coefficient (Wildman–Crippen LogP) is 4.23. The summed E-state index contributed by atoms with van der Waals surface area (Å²) in [6, 6.07) is 12.9. The lowest BCUT2D eigenvalue weighted by molar-refractivity contribution is 0.414. The monoisotopic (exact) mass is 381 g/mol. The van der Waals surface area contributed by atoms with Gasteiger partial charge in [-0.3, -0.25) is 0 Å². The molecule has 0 fully saturated rings. The Balaban J connectivity index is 2.50. The maximum Gasteiger partial charge on any atom is 0.119 e. The summed E-state index contributed by atoms with van der Waals surface area (Å²) in [6.45, 7) is 4.28. The zero-order valence-corrected chi connectivity index (χ0v) is 14.5. The number of aryl methyl sites for hydroxylation is 2. The molecule has 0 bridgehead atoms. The molecule has 2 rings (SSSR count). The number of hydrogen-bond donors (Lipinski definition) is 1. The molecule has 3 heteroatoms. The fraction of sp³-hybridized carbons (Fsp3) is 0.294. The van der Waals surface area contributed by atoms with E-state index in [2.05, 4.69) is 72.1 Å². The molecule has 0 aromatic heterocycles. The minimum absolute atomic E-state index is 0.202. The quantitative estimate of drug-likeness (QED) is 0.801. The highest BCUT2D eigenvalue weighted by molar-refractivity contribution is 14.1. The Morgan fingerprint density at radius 3 is 2.40 bits per heavy atom. The Labute approximate surface area is 134 Å². The van der Waals surface area contributed by atoms with E-state index in [-0.39, 0.29) is 6.04 Å². The maximum atomic E-state index is 5.29. The highest BCUT2D eigenvalue weighted by Crippen LogP contribution is 2.31. The van der Waals surface area contributed by atoms with Gasteiger partial charge in [0.15, 0.2) is 0 Å². The number of rotatable bonds is 4. The summed E-state index contributed by atoms with van der Waals surface area (Å²) >= 11 is 2.43. The van der Waals surface area contributed by atoms with Gasteiger partial charge in [-0.25, -0.2) is 0 Å². The van der Waals surface area contributed by atoms with Crippen molar-refractivity contribution in [1.29, 1.82) is 0 Å². The van der Waals surface area contributed by atoms with Crippen molar-refractivity contribution < 1.29 is 4.74 Å². The molecule has 0 spiro atoms. The van der Waals surface area contributed by atoms with Gasteiger partial charge >= 0.3 is 0 Å². The van der Waals surface area contributed by atoms with E-state index in [1.54, 1.807) is 7.11 Å². The number of methoxy groups -OCH3 is 1. The average molecular weight is 381 g/mol. The van der Waals surface area contributed by atoms with Gasteiger partial charge in [0.1, 0.15) is 5.75 Å². The van der Waals surface area contributed by atoms with E-state index in [1.807, 2.05) is 13.1 Å². The van der Waals surface area contributed by atoms with Gasteiger partial charge in [-0.05, 0) is 77.9 Å². The third-order valence-electron chi connectivity index (χ3n) is 3.61. The first-order valence-electron chi connectivity index (χ1n) is 6.65. The van der Waals surface area contributed by atoms with E-state index < -0.39 is 0 Å². The van der Waals surface area contributed by atoms with Gasteiger partial charge in [0, 0.05) is 3.57 Å². The molecule has 0 heterocycles. The van der Waals surface area contributed by atoms with Crippen molar-refractivity contribution in [3.8, 4) is 5.75 Å². The Morgan fingerprint density at radius 1 is 1.05 bits per heavy atom. The summed E-state index contributed by atoms with van der Waals surface area (Å²) in [7, 11) is 3.71. The van der Waals surface area contributed by atoms with Crippen molar-refractivity contribution in [2.75, 3.05) is 14.2 Å². The van der Waals surface area contributed by atoms with Gasteiger partial charge in [-0.2, -0.15) is 0 Å². The SMILES string of the molecule is CNC(c1ccc(OC)cc1C)c1cccc(C)c1I. The lowest BCUT2D eigenvalue weighted by Crippen LogP contribution is -2.20. The van der Waals surface area contributed by atoms with Crippen LogP contribution in [-0.2, 0) is 0 Å². The molecule has 1 N–H and O–H groups in total. The number of hydrogen-bond acceptors (Lipinski definition) is 2. The van der Waals surface area contributed by atoms with Crippen molar-refractivity contribution >= 4 is 22.6 Å². The van der Waals surface area contributed by atoms with Crippen LogP contribution in [0.5, 0.6) is 5.75 Å². The number of benzene rings is 2. The lowest BCUT2D eigenvalue weighted by atomic mass is 9.94. The number of halogens is 1. The molecule has 0 saturated carbocycles. The average Bonchev–Trinajstić information content (AvgIpc) is 2.45. The van der Waals surface area contributed by atoms with Crippen LogP contribution in [0.15, 0.2) is 36.4 Å². The second-order valence-corrected chi connectivity index (χ2v) is 6.00. The van der Waals surface area contributed by atoms with E-state index >= 15 is 0 Å². The van der Waals surface area contributed by atoms with Crippen LogP contribution in [-0.4, -0.2) is 14.2 Å². The van der Waals surface area contributed by atoms with Crippen LogP contribution in [0.2, 0.25) is 0 Å². The Hall–Kier alpha value is -1.07. The van der Waals surface area contributed by atoms with Crippen LogP contribution in [0.1, 0.15) is 28.3 Å². The Kier molecular flexibility index (Phi) is 5.05. The molecule has 1 unspecified atom stereocenters. The zero-order valence-electron chi connectivity index (χ0n) is 12.3. The fourth-order valence-corrected chi connectivity index (χ4v) is 3.14. The summed E-state index contributed by atoms with van der Waals surface area (Å²) in [4.78, 5) is 0. The van der Waals surface area contributed by atoms with Crippen molar-refractivity contribution in [2.45, 2.75) is 19.9 Å². The van der Waals surface area contributed by atoms with E-state index in [1.165, 1.54) is 25.8 Å². The van der Waals surface area contributed by atoms with Gasteiger partial charge in [0.2, 0.25) is 0 Å².